The summed E-state index contributed by atoms with van der Waals surface area (Å²) < 4.78 is 13.3. The van der Waals surface area contributed by atoms with Crippen molar-refractivity contribution in [3.63, 3.8) is 0 Å². The summed E-state index contributed by atoms with van der Waals surface area (Å²) in [4.78, 5) is 11.0. The van der Waals surface area contributed by atoms with E-state index in [1.165, 1.54) is 6.07 Å². The molecular weight excluding hydrogens is 195 g/mol. The summed E-state index contributed by atoms with van der Waals surface area (Å²) in [5.74, 6) is -1.82. The molecule has 0 fully saturated rings. The van der Waals surface area contributed by atoms with E-state index >= 15 is 0 Å². The molecule has 0 saturated carbocycles. The van der Waals surface area contributed by atoms with Crippen LogP contribution in [0.3, 0.4) is 0 Å². The largest absolute Gasteiger partial charge is 0.481 e. The Hall–Kier alpha value is -1.38. The van der Waals surface area contributed by atoms with Gasteiger partial charge in [0, 0.05) is 0 Å². The number of carboxylic acids is 1. The van der Waals surface area contributed by atoms with Crippen molar-refractivity contribution in [1.29, 1.82) is 0 Å². The van der Waals surface area contributed by atoms with Crippen LogP contribution in [0.2, 0.25) is 0 Å². The molecular formula is C12H15FO2. The zero-order chi connectivity index (χ0) is 11.4. The number of hydrogen-bond acceptors (Lipinski definition) is 1. The number of aliphatic carboxylic acids is 1. The van der Waals surface area contributed by atoms with Gasteiger partial charge >= 0.3 is 5.97 Å². The summed E-state index contributed by atoms with van der Waals surface area (Å²) in [5, 5.41) is 9.00. The van der Waals surface area contributed by atoms with Gasteiger partial charge in [0.1, 0.15) is 5.82 Å². The second kappa shape index (κ2) is 4.91. The van der Waals surface area contributed by atoms with Crippen LogP contribution in [0.5, 0.6) is 0 Å². The molecule has 0 aliphatic rings. The lowest BCUT2D eigenvalue weighted by atomic mass is 9.94. The third kappa shape index (κ3) is 2.78. The van der Waals surface area contributed by atoms with E-state index in [9.17, 15) is 9.18 Å². The molecule has 15 heavy (non-hydrogen) atoms. The first kappa shape index (κ1) is 11.7. The summed E-state index contributed by atoms with van der Waals surface area (Å²) in [6, 6.07) is 4.63. The Kier molecular flexibility index (Phi) is 3.83. The maximum Gasteiger partial charge on any atom is 0.310 e. The van der Waals surface area contributed by atoms with Gasteiger partial charge in [-0.25, -0.2) is 4.39 Å². The second-order valence-corrected chi connectivity index (χ2v) is 3.69. The second-order valence-electron chi connectivity index (χ2n) is 3.69. The Morgan fingerprint density at radius 1 is 1.53 bits per heavy atom. The van der Waals surface area contributed by atoms with E-state index in [4.69, 9.17) is 5.11 Å². The molecule has 0 aliphatic carbocycles. The number of halogens is 1. The van der Waals surface area contributed by atoms with E-state index in [1.807, 2.05) is 6.92 Å². The average Bonchev–Trinajstić information content (AvgIpc) is 2.18. The monoisotopic (exact) mass is 210 g/mol. The lowest BCUT2D eigenvalue weighted by Gasteiger charge is -2.12. The van der Waals surface area contributed by atoms with E-state index in [1.54, 1.807) is 19.1 Å². The Morgan fingerprint density at radius 3 is 2.67 bits per heavy atom. The highest BCUT2D eigenvalue weighted by Crippen LogP contribution is 2.23. The van der Waals surface area contributed by atoms with E-state index < -0.39 is 11.9 Å². The molecule has 1 N–H and O–H groups in total. The minimum absolute atomic E-state index is 0.338. The number of carbonyl (C=O) groups is 1. The Labute approximate surface area is 88.7 Å². The van der Waals surface area contributed by atoms with Gasteiger partial charge in [-0.15, -0.1) is 0 Å². The van der Waals surface area contributed by atoms with Crippen molar-refractivity contribution >= 4 is 5.97 Å². The highest BCUT2D eigenvalue weighted by molar-refractivity contribution is 5.76. The van der Waals surface area contributed by atoms with Gasteiger partial charge in [0.05, 0.1) is 5.92 Å². The van der Waals surface area contributed by atoms with Crippen LogP contribution in [0.25, 0.3) is 0 Å². The first-order chi connectivity index (χ1) is 7.06. The molecule has 1 rings (SSSR count). The van der Waals surface area contributed by atoms with E-state index in [0.29, 0.717) is 17.5 Å². The average molecular weight is 210 g/mol. The minimum Gasteiger partial charge on any atom is -0.481 e. The van der Waals surface area contributed by atoms with E-state index in [-0.39, 0.29) is 5.82 Å². The standard InChI is InChI=1S/C12H15FO2/c1-3-4-10(12(14)15)9-6-5-8(2)11(13)7-9/h5-7,10H,3-4H2,1-2H3,(H,14,15). The molecule has 0 aromatic heterocycles. The van der Waals surface area contributed by atoms with Crippen molar-refractivity contribution in [2.24, 2.45) is 0 Å². The van der Waals surface area contributed by atoms with Crippen LogP contribution in [0, 0.1) is 12.7 Å². The van der Waals surface area contributed by atoms with Crippen molar-refractivity contribution < 1.29 is 14.3 Å². The Balaban J connectivity index is 3.01. The predicted molar refractivity (Wildman–Crippen MR) is 56.4 cm³/mol. The molecule has 3 heteroatoms. The summed E-state index contributed by atoms with van der Waals surface area (Å²) in [5.41, 5.74) is 1.09. The van der Waals surface area contributed by atoms with Gasteiger partial charge in [-0.2, -0.15) is 0 Å². The summed E-state index contributed by atoms with van der Waals surface area (Å²) >= 11 is 0. The van der Waals surface area contributed by atoms with Gasteiger partial charge < -0.3 is 5.11 Å². The van der Waals surface area contributed by atoms with Crippen LogP contribution < -0.4 is 0 Å². The first-order valence-electron chi connectivity index (χ1n) is 5.05. The predicted octanol–water partition coefficient (Wildman–Crippen LogP) is 3.10. The normalized spacial score (nSPS) is 12.5. The maximum absolute atomic E-state index is 13.3. The zero-order valence-electron chi connectivity index (χ0n) is 8.96. The van der Waals surface area contributed by atoms with Gasteiger partial charge in [-0.05, 0) is 30.5 Å². The van der Waals surface area contributed by atoms with Crippen LogP contribution in [-0.4, -0.2) is 11.1 Å². The van der Waals surface area contributed by atoms with E-state index in [2.05, 4.69) is 0 Å². The Bertz CT molecular complexity index is 361. The Morgan fingerprint density at radius 2 is 2.20 bits per heavy atom. The lowest BCUT2D eigenvalue weighted by Crippen LogP contribution is -2.11. The quantitative estimate of drug-likeness (QED) is 0.829. The molecule has 0 heterocycles. The van der Waals surface area contributed by atoms with Crippen LogP contribution in [0.15, 0.2) is 18.2 Å². The minimum atomic E-state index is -0.889. The van der Waals surface area contributed by atoms with Crippen LogP contribution in [-0.2, 0) is 4.79 Å². The molecule has 82 valence electrons. The van der Waals surface area contributed by atoms with Gasteiger partial charge in [0.2, 0.25) is 0 Å². The number of aryl methyl sites for hydroxylation is 1. The SMILES string of the molecule is CCCC(C(=O)O)c1ccc(C)c(F)c1. The third-order valence-electron chi connectivity index (χ3n) is 2.47. The maximum atomic E-state index is 13.3. The smallest absolute Gasteiger partial charge is 0.310 e. The molecule has 0 radical (unpaired) electrons. The molecule has 0 bridgehead atoms. The van der Waals surface area contributed by atoms with Gasteiger partial charge in [0.25, 0.3) is 0 Å². The molecule has 0 aliphatic heterocycles. The van der Waals surface area contributed by atoms with Gasteiger partial charge in [-0.1, -0.05) is 25.5 Å². The summed E-state index contributed by atoms with van der Waals surface area (Å²) in [7, 11) is 0. The topological polar surface area (TPSA) is 37.3 Å². The number of carboxylic acid groups (broad SMARTS) is 1. The summed E-state index contributed by atoms with van der Waals surface area (Å²) in [6.07, 6.45) is 1.31. The first-order valence-corrected chi connectivity index (χ1v) is 5.05. The van der Waals surface area contributed by atoms with Crippen LogP contribution in [0.1, 0.15) is 36.8 Å². The zero-order valence-corrected chi connectivity index (χ0v) is 8.96. The van der Waals surface area contributed by atoms with Crippen LogP contribution in [0.4, 0.5) is 4.39 Å². The van der Waals surface area contributed by atoms with Gasteiger partial charge in [0.15, 0.2) is 0 Å². The number of benzene rings is 1. The van der Waals surface area contributed by atoms with Crippen molar-refractivity contribution in [1.82, 2.24) is 0 Å². The number of rotatable bonds is 4. The molecule has 1 aromatic rings. The third-order valence-corrected chi connectivity index (χ3v) is 2.47. The summed E-state index contributed by atoms with van der Waals surface area (Å²) in [6.45, 7) is 3.58. The fraction of sp³-hybridized carbons (Fsp3) is 0.417. The van der Waals surface area contributed by atoms with Crippen molar-refractivity contribution in [2.45, 2.75) is 32.6 Å². The fourth-order valence-corrected chi connectivity index (χ4v) is 1.55. The molecule has 0 spiro atoms. The molecule has 0 amide bonds. The molecule has 0 saturated heterocycles. The highest BCUT2D eigenvalue weighted by Gasteiger charge is 2.19. The van der Waals surface area contributed by atoms with Crippen molar-refractivity contribution in [2.75, 3.05) is 0 Å². The van der Waals surface area contributed by atoms with Crippen molar-refractivity contribution in [3.8, 4) is 0 Å². The lowest BCUT2D eigenvalue weighted by molar-refractivity contribution is -0.139. The van der Waals surface area contributed by atoms with Crippen LogP contribution >= 0.6 is 0 Å². The molecule has 1 aromatic carbocycles. The molecule has 2 nitrogen and oxygen atoms in total. The van der Waals surface area contributed by atoms with Gasteiger partial charge in [-0.3, -0.25) is 4.79 Å². The molecule has 1 unspecified atom stereocenters. The highest BCUT2D eigenvalue weighted by atomic mass is 19.1. The fourth-order valence-electron chi connectivity index (χ4n) is 1.55. The van der Waals surface area contributed by atoms with Crippen molar-refractivity contribution in [3.05, 3.63) is 35.1 Å². The molecule has 1 atom stereocenters. The number of hydrogen-bond donors (Lipinski definition) is 1. The van der Waals surface area contributed by atoms with E-state index in [0.717, 1.165) is 6.42 Å².